The van der Waals surface area contributed by atoms with E-state index in [1.54, 1.807) is 6.20 Å². The van der Waals surface area contributed by atoms with Gasteiger partial charge in [-0.05, 0) is 32.9 Å². The van der Waals surface area contributed by atoms with Gasteiger partial charge in [-0.15, -0.1) is 0 Å². The summed E-state index contributed by atoms with van der Waals surface area (Å²) in [5.74, 6) is -0.821. The van der Waals surface area contributed by atoms with Crippen molar-refractivity contribution in [1.29, 1.82) is 0 Å². The minimum Gasteiger partial charge on any atom is -0.480 e. The average molecular weight is 208 g/mol. The van der Waals surface area contributed by atoms with Crippen molar-refractivity contribution in [3.8, 4) is 0 Å². The van der Waals surface area contributed by atoms with Crippen molar-refractivity contribution in [1.82, 2.24) is 4.98 Å². The van der Waals surface area contributed by atoms with Crippen molar-refractivity contribution >= 4 is 11.7 Å². The minimum absolute atomic E-state index is 0.0150. The highest BCUT2D eigenvalue weighted by Gasteiger charge is 2.13. The number of carboxylic acid groups (broad SMARTS) is 1. The molecule has 1 rings (SSSR count). The van der Waals surface area contributed by atoms with Crippen LogP contribution in [0.3, 0.4) is 0 Å². The quantitative estimate of drug-likeness (QED) is 0.818. The molecule has 0 amide bonds. The number of aliphatic carboxylic acids is 1. The van der Waals surface area contributed by atoms with Gasteiger partial charge in [-0.1, -0.05) is 0 Å². The van der Waals surface area contributed by atoms with Gasteiger partial charge in [0.2, 0.25) is 0 Å². The van der Waals surface area contributed by atoms with Crippen molar-refractivity contribution in [2.24, 2.45) is 0 Å². The van der Waals surface area contributed by atoms with Gasteiger partial charge < -0.3 is 10.0 Å². The predicted octanol–water partition coefficient (Wildman–Crippen LogP) is 1.69. The average Bonchev–Trinajstić information content (AvgIpc) is 2.13. The normalized spacial score (nSPS) is 10.4. The van der Waals surface area contributed by atoms with Gasteiger partial charge in [-0.25, -0.2) is 0 Å². The molecule has 0 aliphatic heterocycles. The largest absolute Gasteiger partial charge is 0.480 e. The van der Waals surface area contributed by atoms with Crippen LogP contribution in [0.25, 0.3) is 0 Å². The minimum atomic E-state index is -0.821. The smallest absolute Gasteiger partial charge is 0.323 e. The van der Waals surface area contributed by atoms with Gasteiger partial charge in [0.05, 0.1) is 0 Å². The molecule has 1 heterocycles. The second kappa shape index (κ2) is 4.77. The maximum absolute atomic E-state index is 10.7. The molecular weight excluding hydrogens is 192 g/mol. The Labute approximate surface area is 89.6 Å². The van der Waals surface area contributed by atoms with Crippen LogP contribution in [0.5, 0.6) is 0 Å². The molecular formula is C11H16N2O2. The molecule has 15 heavy (non-hydrogen) atoms. The number of nitrogens with zero attached hydrogens (tertiary/aromatic N) is 2. The number of hydrogen-bond donors (Lipinski definition) is 1. The monoisotopic (exact) mass is 208 g/mol. The molecule has 4 nitrogen and oxygen atoms in total. The summed E-state index contributed by atoms with van der Waals surface area (Å²) in [6.45, 7) is 5.85. The fraction of sp³-hybridized carbons (Fsp3) is 0.455. The number of carboxylic acids is 1. The van der Waals surface area contributed by atoms with E-state index in [9.17, 15) is 4.79 Å². The Bertz CT molecular complexity index is 350. The van der Waals surface area contributed by atoms with Crippen LogP contribution in [0, 0.1) is 6.92 Å². The third-order valence-corrected chi connectivity index (χ3v) is 2.14. The van der Waals surface area contributed by atoms with Gasteiger partial charge in [0.25, 0.3) is 0 Å². The van der Waals surface area contributed by atoms with Gasteiger partial charge in [0, 0.05) is 23.6 Å². The first-order chi connectivity index (χ1) is 7.00. The molecule has 0 saturated carbocycles. The van der Waals surface area contributed by atoms with E-state index in [1.807, 2.05) is 37.8 Å². The number of aromatic nitrogens is 1. The Balaban J connectivity index is 2.93. The molecule has 0 aliphatic rings. The summed E-state index contributed by atoms with van der Waals surface area (Å²) < 4.78 is 0. The molecule has 82 valence electrons. The number of hydrogen-bond acceptors (Lipinski definition) is 3. The Hall–Kier alpha value is -1.58. The first-order valence-corrected chi connectivity index (χ1v) is 4.92. The molecule has 4 heteroatoms. The van der Waals surface area contributed by atoms with Gasteiger partial charge in [-0.3, -0.25) is 9.78 Å². The lowest BCUT2D eigenvalue weighted by atomic mass is 10.2. The van der Waals surface area contributed by atoms with Crippen molar-refractivity contribution in [3.05, 3.63) is 24.0 Å². The van der Waals surface area contributed by atoms with Gasteiger partial charge >= 0.3 is 5.97 Å². The van der Waals surface area contributed by atoms with Gasteiger partial charge in [0.15, 0.2) is 0 Å². The topological polar surface area (TPSA) is 53.4 Å². The summed E-state index contributed by atoms with van der Waals surface area (Å²) in [6.07, 6.45) is 1.70. The lowest BCUT2D eigenvalue weighted by Crippen LogP contribution is -2.35. The van der Waals surface area contributed by atoms with Crippen molar-refractivity contribution in [2.45, 2.75) is 26.8 Å². The third kappa shape index (κ3) is 3.23. The van der Waals surface area contributed by atoms with Crippen LogP contribution < -0.4 is 4.90 Å². The Morgan fingerprint density at radius 3 is 2.73 bits per heavy atom. The molecule has 1 aromatic heterocycles. The summed E-state index contributed by atoms with van der Waals surface area (Å²) in [5, 5.41) is 8.81. The molecule has 1 aromatic rings. The van der Waals surface area contributed by atoms with E-state index in [0.29, 0.717) is 0 Å². The van der Waals surface area contributed by atoms with E-state index in [2.05, 4.69) is 4.98 Å². The molecule has 0 atom stereocenters. The molecule has 0 aliphatic carbocycles. The highest BCUT2D eigenvalue weighted by Crippen LogP contribution is 2.16. The van der Waals surface area contributed by atoms with Crippen LogP contribution in [0.1, 0.15) is 19.5 Å². The molecule has 0 radical (unpaired) electrons. The second-order valence-electron chi connectivity index (χ2n) is 3.77. The van der Waals surface area contributed by atoms with Crippen LogP contribution in [0.15, 0.2) is 18.3 Å². The standard InChI is InChI=1S/C11H16N2O2/c1-8(2)13(7-11(14)15)10-4-5-12-9(3)6-10/h4-6,8H,7H2,1-3H3,(H,14,15). The molecule has 0 saturated heterocycles. The third-order valence-electron chi connectivity index (χ3n) is 2.14. The molecule has 0 fully saturated rings. The molecule has 0 spiro atoms. The fourth-order valence-electron chi connectivity index (χ4n) is 1.43. The van der Waals surface area contributed by atoms with Crippen molar-refractivity contribution < 1.29 is 9.90 Å². The highest BCUT2D eigenvalue weighted by atomic mass is 16.4. The molecule has 0 bridgehead atoms. The zero-order valence-corrected chi connectivity index (χ0v) is 9.27. The Kier molecular flexibility index (Phi) is 3.66. The summed E-state index contributed by atoms with van der Waals surface area (Å²) in [4.78, 5) is 16.6. The molecule has 0 aromatic carbocycles. The van der Waals surface area contributed by atoms with Crippen LogP contribution >= 0.6 is 0 Å². The maximum Gasteiger partial charge on any atom is 0.323 e. The number of rotatable bonds is 4. The van der Waals surface area contributed by atoms with Crippen molar-refractivity contribution in [3.63, 3.8) is 0 Å². The van der Waals surface area contributed by atoms with Gasteiger partial charge in [0.1, 0.15) is 6.54 Å². The maximum atomic E-state index is 10.7. The van der Waals surface area contributed by atoms with Crippen molar-refractivity contribution in [2.75, 3.05) is 11.4 Å². The highest BCUT2D eigenvalue weighted by molar-refractivity contribution is 5.73. The van der Waals surface area contributed by atoms with E-state index in [0.717, 1.165) is 11.4 Å². The number of pyridine rings is 1. The van der Waals surface area contributed by atoms with Crippen LogP contribution in [0.4, 0.5) is 5.69 Å². The first-order valence-electron chi connectivity index (χ1n) is 4.92. The van der Waals surface area contributed by atoms with Crippen LogP contribution in [0.2, 0.25) is 0 Å². The lowest BCUT2D eigenvalue weighted by Gasteiger charge is -2.27. The summed E-state index contributed by atoms with van der Waals surface area (Å²) in [7, 11) is 0. The number of aryl methyl sites for hydroxylation is 1. The molecule has 1 N–H and O–H groups in total. The lowest BCUT2D eigenvalue weighted by molar-refractivity contribution is -0.135. The van der Waals surface area contributed by atoms with E-state index in [1.165, 1.54) is 0 Å². The summed E-state index contributed by atoms with van der Waals surface area (Å²) >= 11 is 0. The predicted molar refractivity (Wildman–Crippen MR) is 59.1 cm³/mol. The fourth-order valence-corrected chi connectivity index (χ4v) is 1.43. The number of anilines is 1. The SMILES string of the molecule is Cc1cc(N(CC(=O)O)C(C)C)ccn1. The zero-order valence-electron chi connectivity index (χ0n) is 9.27. The van der Waals surface area contributed by atoms with E-state index >= 15 is 0 Å². The Morgan fingerprint density at radius 1 is 1.60 bits per heavy atom. The van der Waals surface area contributed by atoms with E-state index < -0.39 is 5.97 Å². The summed E-state index contributed by atoms with van der Waals surface area (Å²) in [5.41, 5.74) is 1.79. The molecule has 0 unspecified atom stereocenters. The van der Waals surface area contributed by atoms with E-state index in [4.69, 9.17) is 5.11 Å². The summed E-state index contributed by atoms with van der Waals surface area (Å²) in [6, 6.07) is 3.88. The first kappa shape index (κ1) is 11.5. The zero-order chi connectivity index (χ0) is 11.4. The van der Waals surface area contributed by atoms with E-state index in [-0.39, 0.29) is 12.6 Å². The van der Waals surface area contributed by atoms with Crippen LogP contribution in [-0.2, 0) is 4.79 Å². The Morgan fingerprint density at radius 2 is 2.27 bits per heavy atom. The second-order valence-corrected chi connectivity index (χ2v) is 3.77. The van der Waals surface area contributed by atoms with Crippen LogP contribution in [-0.4, -0.2) is 28.6 Å². The van der Waals surface area contributed by atoms with Gasteiger partial charge in [-0.2, -0.15) is 0 Å². The number of carbonyl (C=O) groups is 1.